The molecule has 0 fully saturated rings. The lowest BCUT2D eigenvalue weighted by Crippen LogP contribution is -1.86. The highest BCUT2D eigenvalue weighted by atomic mass is 35.5. The first-order valence-corrected chi connectivity index (χ1v) is 5.64. The Morgan fingerprint density at radius 1 is 0.824 bits per heavy atom. The Morgan fingerprint density at radius 2 is 1.35 bits per heavy atom. The van der Waals surface area contributed by atoms with E-state index in [9.17, 15) is 0 Å². The quantitative estimate of drug-likeness (QED) is 0.604. The minimum atomic E-state index is 0.354. The fourth-order valence-corrected chi connectivity index (χ4v) is 1.71. The third-order valence-electron chi connectivity index (χ3n) is 2.10. The molecular formula is C12H9Cl2N3. The molecule has 2 N–H and O–H groups in total. The summed E-state index contributed by atoms with van der Waals surface area (Å²) in [4.78, 5) is 0. The van der Waals surface area contributed by atoms with Crippen LogP contribution in [0.5, 0.6) is 0 Å². The van der Waals surface area contributed by atoms with Crippen molar-refractivity contribution in [2.45, 2.75) is 0 Å². The Bertz CT molecular complexity index is 530. The van der Waals surface area contributed by atoms with E-state index in [1.54, 1.807) is 12.1 Å². The maximum Gasteiger partial charge on any atom is 0.0888 e. The van der Waals surface area contributed by atoms with Crippen molar-refractivity contribution < 1.29 is 0 Å². The van der Waals surface area contributed by atoms with Gasteiger partial charge in [0.1, 0.15) is 0 Å². The van der Waals surface area contributed by atoms with Gasteiger partial charge in [-0.15, -0.1) is 0 Å². The van der Waals surface area contributed by atoms with Crippen LogP contribution in [0.15, 0.2) is 52.7 Å². The first-order chi connectivity index (χ1) is 8.16. The number of hydrogen-bond acceptors (Lipinski definition) is 3. The highest BCUT2D eigenvalue weighted by Crippen LogP contribution is 2.33. The lowest BCUT2D eigenvalue weighted by atomic mass is 10.3. The number of rotatable bonds is 2. The van der Waals surface area contributed by atoms with Crippen LogP contribution in [0.2, 0.25) is 10.0 Å². The minimum absolute atomic E-state index is 0.354. The highest BCUT2D eigenvalue weighted by molar-refractivity contribution is 6.39. The fourth-order valence-electron chi connectivity index (χ4n) is 1.24. The van der Waals surface area contributed by atoms with E-state index in [0.29, 0.717) is 21.4 Å². The molecule has 0 spiro atoms. The third kappa shape index (κ3) is 2.96. The number of anilines is 1. The van der Waals surface area contributed by atoms with E-state index in [1.807, 2.05) is 30.3 Å². The second-order valence-electron chi connectivity index (χ2n) is 3.36. The zero-order valence-corrected chi connectivity index (χ0v) is 10.3. The molecule has 2 aromatic carbocycles. The predicted molar refractivity (Wildman–Crippen MR) is 71.5 cm³/mol. The van der Waals surface area contributed by atoms with E-state index in [1.165, 1.54) is 0 Å². The maximum absolute atomic E-state index is 5.89. The number of halogens is 2. The van der Waals surface area contributed by atoms with Gasteiger partial charge in [0.2, 0.25) is 0 Å². The van der Waals surface area contributed by atoms with E-state index >= 15 is 0 Å². The monoisotopic (exact) mass is 265 g/mol. The predicted octanol–water partition coefficient (Wildman–Crippen LogP) is 4.99. The number of nitrogen functional groups attached to an aromatic ring is 1. The smallest absolute Gasteiger partial charge is 0.0888 e. The van der Waals surface area contributed by atoms with E-state index < -0.39 is 0 Å². The van der Waals surface area contributed by atoms with Gasteiger partial charge in [-0.1, -0.05) is 41.4 Å². The summed E-state index contributed by atoms with van der Waals surface area (Å²) in [5.74, 6) is 0. The normalized spacial score (nSPS) is 10.9. The summed E-state index contributed by atoms with van der Waals surface area (Å²) in [5.41, 5.74) is 7.30. The average Bonchev–Trinajstić information content (AvgIpc) is 2.34. The first-order valence-electron chi connectivity index (χ1n) is 4.88. The van der Waals surface area contributed by atoms with E-state index in [-0.39, 0.29) is 0 Å². The van der Waals surface area contributed by atoms with Crippen LogP contribution in [-0.2, 0) is 0 Å². The molecule has 0 aliphatic carbocycles. The van der Waals surface area contributed by atoms with Crippen molar-refractivity contribution in [1.29, 1.82) is 0 Å². The number of nitrogens with two attached hydrogens (primary N) is 1. The van der Waals surface area contributed by atoms with Crippen molar-refractivity contribution in [3.8, 4) is 0 Å². The maximum atomic E-state index is 5.89. The topological polar surface area (TPSA) is 50.7 Å². The Balaban J connectivity index is 2.28. The highest BCUT2D eigenvalue weighted by Gasteiger charge is 2.03. The van der Waals surface area contributed by atoms with Crippen LogP contribution in [-0.4, -0.2) is 0 Å². The van der Waals surface area contributed by atoms with E-state index in [2.05, 4.69) is 10.2 Å². The van der Waals surface area contributed by atoms with Crippen molar-refractivity contribution in [3.05, 3.63) is 52.5 Å². The van der Waals surface area contributed by atoms with Crippen LogP contribution in [0.1, 0.15) is 0 Å². The van der Waals surface area contributed by atoms with Gasteiger partial charge < -0.3 is 5.73 Å². The van der Waals surface area contributed by atoms with Gasteiger partial charge in [-0.2, -0.15) is 10.2 Å². The molecule has 0 unspecified atom stereocenters. The Morgan fingerprint density at radius 3 is 1.94 bits per heavy atom. The summed E-state index contributed by atoms with van der Waals surface area (Å²) >= 11 is 11.8. The molecule has 0 saturated heterocycles. The standard InChI is InChI=1S/C12H9Cl2N3/c13-10-6-9(7-11(14)12(10)15)17-16-8-4-2-1-3-5-8/h1-7H,15H2/b17-16+. The lowest BCUT2D eigenvalue weighted by molar-refractivity contribution is 1.23. The van der Waals surface area contributed by atoms with Crippen LogP contribution in [0.25, 0.3) is 0 Å². The van der Waals surface area contributed by atoms with E-state index in [4.69, 9.17) is 28.9 Å². The summed E-state index contributed by atoms with van der Waals surface area (Å²) in [5, 5.41) is 8.84. The van der Waals surface area contributed by atoms with Gasteiger partial charge in [0.15, 0.2) is 0 Å². The van der Waals surface area contributed by atoms with Gasteiger partial charge in [0.05, 0.1) is 27.1 Å². The molecule has 0 amide bonds. The lowest BCUT2D eigenvalue weighted by Gasteiger charge is -2.01. The molecular weight excluding hydrogens is 257 g/mol. The van der Waals surface area contributed by atoms with Crippen molar-refractivity contribution in [3.63, 3.8) is 0 Å². The summed E-state index contributed by atoms with van der Waals surface area (Å²) in [6.45, 7) is 0. The molecule has 0 atom stereocenters. The van der Waals surface area contributed by atoms with Crippen LogP contribution in [0, 0.1) is 0 Å². The van der Waals surface area contributed by atoms with Gasteiger partial charge in [0.25, 0.3) is 0 Å². The molecule has 0 radical (unpaired) electrons. The van der Waals surface area contributed by atoms with Crippen LogP contribution in [0.4, 0.5) is 17.1 Å². The number of benzene rings is 2. The van der Waals surface area contributed by atoms with Crippen molar-refractivity contribution in [2.24, 2.45) is 10.2 Å². The number of azo groups is 1. The largest absolute Gasteiger partial charge is 0.396 e. The second kappa shape index (κ2) is 5.17. The van der Waals surface area contributed by atoms with Crippen LogP contribution in [0.3, 0.4) is 0 Å². The van der Waals surface area contributed by atoms with Gasteiger partial charge in [0, 0.05) is 0 Å². The molecule has 17 heavy (non-hydrogen) atoms. The molecule has 5 heteroatoms. The summed E-state index contributed by atoms with van der Waals surface area (Å²) < 4.78 is 0. The zero-order chi connectivity index (χ0) is 12.3. The molecule has 2 aromatic rings. The SMILES string of the molecule is Nc1c(Cl)cc(/N=N/c2ccccc2)cc1Cl. The van der Waals surface area contributed by atoms with Crippen LogP contribution >= 0.6 is 23.2 Å². The first kappa shape index (κ1) is 11.9. The third-order valence-corrected chi connectivity index (χ3v) is 2.73. The van der Waals surface area contributed by atoms with Crippen molar-refractivity contribution >= 4 is 40.3 Å². The number of hydrogen-bond donors (Lipinski definition) is 1. The van der Waals surface area contributed by atoms with E-state index in [0.717, 1.165) is 5.69 Å². The van der Waals surface area contributed by atoms with Gasteiger partial charge in [-0.3, -0.25) is 0 Å². The molecule has 0 aromatic heterocycles. The zero-order valence-electron chi connectivity index (χ0n) is 8.77. The van der Waals surface area contributed by atoms with Crippen LogP contribution < -0.4 is 5.73 Å². The molecule has 0 aliphatic heterocycles. The molecule has 86 valence electrons. The Labute approximate surface area is 109 Å². The van der Waals surface area contributed by atoms with Gasteiger partial charge >= 0.3 is 0 Å². The fraction of sp³-hybridized carbons (Fsp3) is 0. The molecule has 0 aliphatic rings. The van der Waals surface area contributed by atoms with Crippen molar-refractivity contribution in [2.75, 3.05) is 5.73 Å². The Hall–Kier alpha value is -1.58. The molecule has 2 rings (SSSR count). The molecule has 0 bridgehead atoms. The molecule has 0 saturated carbocycles. The van der Waals surface area contributed by atoms with Gasteiger partial charge in [-0.05, 0) is 24.3 Å². The second-order valence-corrected chi connectivity index (χ2v) is 4.17. The minimum Gasteiger partial charge on any atom is -0.396 e. The summed E-state index contributed by atoms with van der Waals surface area (Å²) in [7, 11) is 0. The average molecular weight is 266 g/mol. The number of nitrogens with zero attached hydrogens (tertiary/aromatic N) is 2. The molecule has 3 nitrogen and oxygen atoms in total. The summed E-state index contributed by atoms with van der Waals surface area (Å²) in [6.07, 6.45) is 0. The van der Waals surface area contributed by atoms with Gasteiger partial charge in [-0.25, -0.2) is 0 Å². The Kier molecular flexibility index (Phi) is 3.61. The van der Waals surface area contributed by atoms with Crippen molar-refractivity contribution in [1.82, 2.24) is 0 Å². The summed E-state index contributed by atoms with van der Waals surface area (Å²) in [6, 6.07) is 12.6. The molecule has 0 heterocycles.